The van der Waals surface area contributed by atoms with Crippen molar-refractivity contribution in [3.05, 3.63) is 52.3 Å². The molecule has 0 amide bonds. The maximum absolute atomic E-state index is 6.35. The van der Waals surface area contributed by atoms with Gasteiger partial charge in [0.1, 0.15) is 0 Å². The zero-order chi connectivity index (χ0) is 11.8. The summed E-state index contributed by atoms with van der Waals surface area (Å²) in [6.07, 6.45) is 3.75. The van der Waals surface area contributed by atoms with E-state index in [0.717, 1.165) is 15.6 Å². The van der Waals surface area contributed by atoms with Gasteiger partial charge >= 0.3 is 0 Å². The van der Waals surface area contributed by atoms with E-state index in [4.69, 9.17) is 5.73 Å². The van der Waals surface area contributed by atoms with Gasteiger partial charge in [0, 0.05) is 23.3 Å². The molecule has 0 aliphatic carbocycles. The Kier molecular flexibility index (Phi) is 2.86. The average molecular weight is 280 g/mol. The number of nitrogens with two attached hydrogens (primary N) is 1. The minimum Gasteiger partial charge on any atom is -0.318 e. The van der Waals surface area contributed by atoms with Crippen LogP contribution in [0.3, 0.4) is 0 Å². The van der Waals surface area contributed by atoms with Gasteiger partial charge < -0.3 is 5.73 Å². The molecule has 0 saturated carbocycles. The third-order valence-electron chi connectivity index (χ3n) is 2.75. The normalized spacial score (nSPS) is 14.8. The Bertz CT molecular complexity index is 485. The van der Waals surface area contributed by atoms with Crippen LogP contribution in [0.15, 0.2) is 41.1 Å². The number of hydrogen-bond donors (Lipinski definition) is 1. The van der Waals surface area contributed by atoms with E-state index in [1.165, 1.54) is 0 Å². The predicted molar refractivity (Wildman–Crippen MR) is 68.0 cm³/mol. The first-order valence-corrected chi connectivity index (χ1v) is 5.83. The van der Waals surface area contributed by atoms with Crippen molar-refractivity contribution in [3.63, 3.8) is 0 Å². The molecule has 0 saturated heterocycles. The first kappa shape index (κ1) is 11.4. The number of benzene rings is 1. The monoisotopic (exact) mass is 279 g/mol. The van der Waals surface area contributed by atoms with E-state index in [1.807, 2.05) is 50.6 Å². The Morgan fingerprint density at radius 2 is 1.88 bits per heavy atom. The largest absolute Gasteiger partial charge is 0.318 e. The Morgan fingerprint density at radius 1 is 1.25 bits per heavy atom. The number of nitrogens with zero attached hydrogens (tertiary/aromatic N) is 2. The fraction of sp³-hybridized carbons (Fsp3) is 0.250. The summed E-state index contributed by atoms with van der Waals surface area (Å²) in [5.74, 6) is 0. The van der Waals surface area contributed by atoms with Gasteiger partial charge in [-0.25, -0.2) is 0 Å². The molecule has 3 nitrogen and oxygen atoms in total. The summed E-state index contributed by atoms with van der Waals surface area (Å²) in [5.41, 5.74) is 7.93. The second-order valence-corrected chi connectivity index (χ2v) is 5.03. The molecule has 2 rings (SSSR count). The highest BCUT2D eigenvalue weighted by molar-refractivity contribution is 9.10. The van der Waals surface area contributed by atoms with Crippen LogP contribution in [0.1, 0.15) is 18.1 Å². The summed E-state index contributed by atoms with van der Waals surface area (Å²) in [6.45, 7) is 1.99. The molecule has 16 heavy (non-hydrogen) atoms. The van der Waals surface area contributed by atoms with Gasteiger partial charge in [0.05, 0.1) is 11.7 Å². The summed E-state index contributed by atoms with van der Waals surface area (Å²) in [7, 11) is 1.89. The van der Waals surface area contributed by atoms with Crippen molar-refractivity contribution in [3.8, 4) is 0 Å². The van der Waals surface area contributed by atoms with Crippen molar-refractivity contribution >= 4 is 15.9 Å². The van der Waals surface area contributed by atoms with Crippen molar-refractivity contribution in [1.29, 1.82) is 0 Å². The van der Waals surface area contributed by atoms with Crippen molar-refractivity contribution in [2.24, 2.45) is 12.8 Å². The molecule has 4 heteroatoms. The molecule has 1 atom stereocenters. The van der Waals surface area contributed by atoms with Crippen molar-refractivity contribution < 1.29 is 0 Å². The molecule has 0 aliphatic heterocycles. The zero-order valence-corrected chi connectivity index (χ0v) is 10.9. The summed E-state index contributed by atoms with van der Waals surface area (Å²) < 4.78 is 2.82. The van der Waals surface area contributed by atoms with Crippen LogP contribution in [0, 0.1) is 0 Å². The van der Waals surface area contributed by atoms with Crippen LogP contribution in [-0.2, 0) is 12.6 Å². The molecule has 0 aliphatic rings. The van der Waals surface area contributed by atoms with Gasteiger partial charge in [0.15, 0.2) is 0 Å². The number of aryl methyl sites for hydroxylation is 1. The highest BCUT2D eigenvalue weighted by atomic mass is 79.9. The van der Waals surface area contributed by atoms with Crippen LogP contribution in [0.25, 0.3) is 0 Å². The van der Waals surface area contributed by atoms with Crippen LogP contribution in [0.5, 0.6) is 0 Å². The number of rotatable bonds is 2. The number of aromatic nitrogens is 2. The maximum atomic E-state index is 6.35. The lowest BCUT2D eigenvalue weighted by Gasteiger charge is -2.23. The van der Waals surface area contributed by atoms with Gasteiger partial charge in [-0.2, -0.15) is 5.10 Å². The van der Waals surface area contributed by atoms with Gasteiger partial charge in [-0.05, 0) is 24.6 Å². The minimum absolute atomic E-state index is 0.505. The Morgan fingerprint density at radius 3 is 2.38 bits per heavy atom. The Balaban J connectivity index is 2.42. The van der Waals surface area contributed by atoms with Crippen LogP contribution in [-0.4, -0.2) is 9.78 Å². The quantitative estimate of drug-likeness (QED) is 0.918. The first-order chi connectivity index (χ1) is 7.50. The van der Waals surface area contributed by atoms with Crippen molar-refractivity contribution in [1.82, 2.24) is 9.78 Å². The van der Waals surface area contributed by atoms with Gasteiger partial charge in [0.25, 0.3) is 0 Å². The van der Waals surface area contributed by atoms with Crippen LogP contribution >= 0.6 is 15.9 Å². The Labute approximate surface area is 103 Å². The molecule has 2 N–H and O–H groups in total. The topological polar surface area (TPSA) is 43.8 Å². The van der Waals surface area contributed by atoms with E-state index in [-0.39, 0.29) is 0 Å². The fourth-order valence-electron chi connectivity index (χ4n) is 1.65. The summed E-state index contributed by atoms with van der Waals surface area (Å²) >= 11 is 3.42. The highest BCUT2D eigenvalue weighted by Gasteiger charge is 2.24. The molecule has 84 valence electrons. The van der Waals surface area contributed by atoms with E-state index in [0.29, 0.717) is 0 Å². The Hall–Kier alpha value is -1.13. The standard InChI is InChI=1S/C12H14BrN3/c1-12(14,10-7-15-16(2)8-10)9-3-5-11(13)6-4-9/h3-8H,14H2,1-2H3. The van der Waals surface area contributed by atoms with E-state index in [9.17, 15) is 0 Å². The first-order valence-electron chi connectivity index (χ1n) is 5.04. The van der Waals surface area contributed by atoms with E-state index in [2.05, 4.69) is 21.0 Å². The van der Waals surface area contributed by atoms with Crippen molar-refractivity contribution in [2.75, 3.05) is 0 Å². The molecule has 1 unspecified atom stereocenters. The third-order valence-corrected chi connectivity index (χ3v) is 3.28. The van der Waals surface area contributed by atoms with E-state index in [1.54, 1.807) is 4.68 Å². The van der Waals surface area contributed by atoms with Gasteiger partial charge in [-0.3, -0.25) is 4.68 Å². The minimum atomic E-state index is -0.505. The molecular weight excluding hydrogens is 266 g/mol. The van der Waals surface area contributed by atoms with Gasteiger partial charge in [-0.1, -0.05) is 28.1 Å². The average Bonchev–Trinajstić information content (AvgIpc) is 2.66. The van der Waals surface area contributed by atoms with Crippen LogP contribution < -0.4 is 5.73 Å². The summed E-state index contributed by atoms with van der Waals surface area (Å²) in [5, 5.41) is 4.15. The lowest BCUT2D eigenvalue weighted by atomic mass is 9.88. The molecule has 1 heterocycles. The smallest absolute Gasteiger partial charge is 0.0667 e. The second-order valence-electron chi connectivity index (χ2n) is 4.11. The highest BCUT2D eigenvalue weighted by Crippen LogP contribution is 2.26. The van der Waals surface area contributed by atoms with Gasteiger partial charge in [0.2, 0.25) is 0 Å². The molecule has 0 bridgehead atoms. The molecule has 0 radical (unpaired) electrons. The summed E-state index contributed by atoms with van der Waals surface area (Å²) in [4.78, 5) is 0. The fourth-order valence-corrected chi connectivity index (χ4v) is 1.92. The maximum Gasteiger partial charge on any atom is 0.0667 e. The van der Waals surface area contributed by atoms with Crippen LogP contribution in [0.4, 0.5) is 0 Å². The SMILES string of the molecule is Cn1cc(C(C)(N)c2ccc(Br)cc2)cn1. The molecule has 1 aromatic carbocycles. The number of halogens is 1. The second kappa shape index (κ2) is 4.03. The van der Waals surface area contributed by atoms with Crippen molar-refractivity contribution in [2.45, 2.75) is 12.5 Å². The predicted octanol–water partition coefficient (Wildman–Crippen LogP) is 2.40. The zero-order valence-electron chi connectivity index (χ0n) is 9.31. The molecule has 2 aromatic rings. The van der Waals surface area contributed by atoms with E-state index >= 15 is 0 Å². The lowest BCUT2D eigenvalue weighted by Crippen LogP contribution is -2.33. The third kappa shape index (κ3) is 2.03. The molecule has 0 fully saturated rings. The van der Waals surface area contributed by atoms with Gasteiger partial charge in [-0.15, -0.1) is 0 Å². The molecular formula is C12H14BrN3. The summed E-state index contributed by atoms with van der Waals surface area (Å²) in [6, 6.07) is 8.04. The van der Waals surface area contributed by atoms with Crippen LogP contribution in [0.2, 0.25) is 0 Å². The molecule has 0 spiro atoms. The van der Waals surface area contributed by atoms with E-state index < -0.39 is 5.54 Å². The lowest BCUT2D eigenvalue weighted by molar-refractivity contribution is 0.602. The molecule has 1 aromatic heterocycles. The number of hydrogen-bond acceptors (Lipinski definition) is 2.